The number of carbonyl (C=O) groups excluding carboxylic acids is 1. The van der Waals surface area contributed by atoms with Crippen LogP contribution in [0, 0.1) is 0 Å². The van der Waals surface area contributed by atoms with E-state index < -0.39 is 36.6 Å². The van der Waals surface area contributed by atoms with Crippen molar-refractivity contribution in [3.8, 4) is 17.2 Å². The van der Waals surface area contributed by atoms with Crippen LogP contribution in [0.3, 0.4) is 0 Å². The number of carboxylic acid groups (broad SMARTS) is 1. The van der Waals surface area contributed by atoms with Crippen LogP contribution >= 0.6 is 0 Å². The number of nitrogens with zero attached hydrogens (tertiary/aromatic N) is 1. The van der Waals surface area contributed by atoms with Gasteiger partial charge in [-0.1, -0.05) is 24.3 Å². The summed E-state index contributed by atoms with van der Waals surface area (Å²) in [6.07, 6.45) is -4.50. The molecule has 2 atom stereocenters. The summed E-state index contributed by atoms with van der Waals surface area (Å²) in [5, 5.41) is 10.3. The summed E-state index contributed by atoms with van der Waals surface area (Å²) < 4.78 is 53.6. The van der Waals surface area contributed by atoms with Crippen molar-refractivity contribution in [2.75, 3.05) is 24.7 Å². The molecule has 2 aliphatic rings. The molecule has 0 spiro atoms. The van der Waals surface area contributed by atoms with Crippen LogP contribution in [0.25, 0.3) is 0 Å². The number of carbonyl (C=O) groups is 2. The van der Waals surface area contributed by atoms with Crippen LogP contribution in [0.1, 0.15) is 33.4 Å². The Bertz CT molecular complexity index is 1310. The van der Waals surface area contributed by atoms with E-state index in [9.17, 15) is 27.9 Å². The average Bonchev–Trinajstić information content (AvgIpc) is 2.87. The van der Waals surface area contributed by atoms with E-state index in [1.165, 1.54) is 29.2 Å². The predicted molar refractivity (Wildman–Crippen MR) is 122 cm³/mol. The maximum absolute atomic E-state index is 13.7. The number of hydrogen-bond acceptors (Lipinski definition) is 5. The molecule has 0 saturated carbocycles. The van der Waals surface area contributed by atoms with E-state index in [1.54, 1.807) is 42.5 Å². The van der Waals surface area contributed by atoms with Crippen LogP contribution in [-0.2, 0) is 4.79 Å². The summed E-state index contributed by atoms with van der Waals surface area (Å²) in [6, 6.07) is 16.0. The van der Waals surface area contributed by atoms with Gasteiger partial charge >= 0.3 is 12.1 Å². The molecule has 7 nitrogen and oxygen atoms in total. The number of ether oxygens (including phenoxy) is 3. The minimum atomic E-state index is -4.50. The third kappa shape index (κ3) is 4.41. The van der Waals surface area contributed by atoms with Crippen LogP contribution in [0.5, 0.6) is 17.2 Å². The van der Waals surface area contributed by atoms with Crippen LogP contribution in [0.15, 0.2) is 66.7 Å². The highest BCUT2D eigenvalue weighted by molar-refractivity contribution is 6.11. The number of amides is 1. The monoisotopic (exact) mass is 499 g/mol. The highest BCUT2D eigenvalue weighted by atomic mass is 19.4. The van der Waals surface area contributed by atoms with Gasteiger partial charge in [0.1, 0.15) is 24.9 Å². The van der Waals surface area contributed by atoms with E-state index in [4.69, 9.17) is 14.2 Å². The summed E-state index contributed by atoms with van der Waals surface area (Å²) in [5.74, 6) is -1.78. The second-order valence-corrected chi connectivity index (χ2v) is 8.32. The molecule has 1 N–H and O–H groups in total. The molecule has 3 aromatic rings. The van der Waals surface area contributed by atoms with E-state index in [0.29, 0.717) is 41.5 Å². The third-order valence-electron chi connectivity index (χ3n) is 6.03. The first-order chi connectivity index (χ1) is 17.2. The molecule has 36 heavy (non-hydrogen) atoms. The smallest absolute Gasteiger partial charge is 0.422 e. The summed E-state index contributed by atoms with van der Waals surface area (Å²) in [6.45, 7) is -0.744. The molecule has 2 aliphatic heterocycles. The van der Waals surface area contributed by atoms with Gasteiger partial charge < -0.3 is 19.3 Å². The maximum Gasteiger partial charge on any atom is 0.422 e. The molecule has 3 aromatic carbocycles. The van der Waals surface area contributed by atoms with Gasteiger partial charge in [-0.2, -0.15) is 13.2 Å². The molecule has 0 radical (unpaired) electrons. The molecule has 186 valence electrons. The SMILES string of the molecule is O=C(O)[C@H]1c2ccccc2C(=O)N(c2ccc(OCC(F)(F)F)cc2)[C@@H]1c1ccc2c(c1)OCCO2. The number of aliphatic carboxylic acids is 1. The zero-order chi connectivity index (χ0) is 25.4. The second kappa shape index (κ2) is 9.10. The molecule has 0 saturated heterocycles. The molecule has 1 amide bonds. The summed E-state index contributed by atoms with van der Waals surface area (Å²) in [5.41, 5.74) is 1.42. The topological polar surface area (TPSA) is 85.3 Å². The Balaban J connectivity index is 1.61. The zero-order valence-corrected chi connectivity index (χ0v) is 18.7. The number of hydrogen-bond donors (Lipinski definition) is 1. The van der Waals surface area contributed by atoms with Gasteiger partial charge in [0.05, 0.1) is 6.04 Å². The first-order valence-corrected chi connectivity index (χ1v) is 11.1. The lowest BCUT2D eigenvalue weighted by Crippen LogP contribution is -2.45. The largest absolute Gasteiger partial charge is 0.486 e. The summed E-state index contributed by atoms with van der Waals surface area (Å²) >= 11 is 0. The fourth-order valence-electron chi connectivity index (χ4n) is 4.54. The van der Waals surface area contributed by atoms with Gasteiger partial charge in [0.25, 0.3) is 5.91 Å². The van der Waals surface area contributed by atoms with Gasteiger partial charge in [-0.15, -0.1) is 0 Å². The van der Waals surface area contributed by atoms with Crippen molar-refractivity contribution in [1.29, 1.82) is 0 Å². The molecule has 5 rings (SSSR count). The van der Waals surface area contributed by atoms with Gasteiger partial charge in [-0.3, -0.25) is 14.5 Å². The number of halogens is 3. The van der Waals surface area contributed by atoms with Crippen molar-refractivity contribution in [2.45, 2.75) is 18.1 Å². The van der Waals surface area contributed by atoms with Crippen molar-refractivity contribution in [3.63, 3.8) is 0 Å². The predicted octanol–water partition coefficient (Wildman–Crippen LogP) is 4.97. The fourth-order valence-corrected chi connectivity index (χ4v) is 4.54. The molecule has 0 fully saturated rings. The maximum atomic E-state index is 13.7. The lowest BCUT2D eigenvalue weighted by molar-refractivity contribution is -0.153. The minimum Gasteiger partial charge on any atom is -0.486 e. The van der Waals surface area contributed by atoms with Crippen molar-refractivity contribution < 1.29 is 42.1 Å². The number of alkyl halides is 3. The zero-order valence-electron chi connectivity index (χ0n) is 18.7. The molecular weight excluding hydrogens is 479 g/mol. The Morgan fingerprint density at radius 3 is 2.39 bits per heavy atom. The number of carboxylic acids is 1. The highest BCUT2D eigenvalue weighted by Gasteiger charge is 2.45. The molecular formula is C26H20F3NO6. The average molecular weight is 499 g/mol. The number of benzene rings is 3. The Hall–Kier alpha value is -4.21. The first kappa shape index (κ1) is 23.5. The van der Waals surface area contributed by atoms with Crippen molar-refractivity contribution in [3.05, 3.63) is 83.4 Å². The standard InChI is InChI=1S/C26H20F3NO6/c27-26(28,29)14-36-17-8-6-16(7-9-17)30-23(15-5-10-20-21(13-15)35-12-11-34-20)22(25(32)33)18-3-1-2-4-19(18)24(30)31/h1-10,13,22-23H,11-12,14H2,(H,32,33)/t22-,23+/m0/s1. The van der Waals surface area contributed by atoms with E-state index in [2.05, 4.69) is 0 Å². The number of fused-ring (bicyclic) bond motifs is 2. The third-order valence-corrected chi connectivity index (χ3v) is 6.03. The van der Waals surface area contributed by atoms with E-state index >= 15 is 0 Å². The lowest BCUT2D eigenvalue weighted by Gasteiger charge is -2.41. The molecule has 10 heteroatoms. The van der Waals surface area contributed by atoms with Crippen molar-refractivity contribution in [2.24, 2.45) is 0 Å². The Morgan fingerprint density at radius 1 is 1.00 bits per heavy atom. The summed E-state index contributed by atoms with van der Waals surface area (Å²) in [7, 11) is 0. The number of rotatable bonds is 5. The molecule has 0 aliphatic carbocycles. The van der Waals surface area contributed by atoms with E-state index in [1.807, 2.05) is 0 Å². The Morgan fingerprint density at radius 2 is 1.69 bits per heavy atom. The van der Waals surface area contributed by atoms with E-state index in [-0.39, 0.29) is 11.3 Å². The lowest BCUT2D eigenvalue weighted by atomic mass is 9.79. The highest BCUT2D eigenvalue weighted by Crippen LogP contribution is 2.47. The molecule has 0 unspecified atom stereocenters. The fraction of sp³-hybridized carbons (Fsp3) is 0.231. The minimum absolute atomic E-state index is 0.0356. The Labute approximate surface area is 203 Å². The molecule has 0 aromatic heterocycles. The number of anilines is 1. The second-order valence-electron chi connectivity index (χ2n) is 8.32. The van der Waals surface area contributed by atoms with Gasteiger partial charge in [0, 0.05) is 11.3 Å². The van der Waals surface area contributed by atoms with E-state index in [0.717, 1.165) is 0 Å². The van der Waals surface area contributed by atoms with Gasteiger partial charge in [0.15, 0.2) is 18.1 Å². The first-order valence-electron chi connectivity index (χ1n) is 11.1. The quantitative estimate of drug-likeness (QED) is 0.534. The Kier molecular flexibility index (Phi) is 5.95. The van der Waals surface area contributed by atoms with Gasteiger partial charge in [-0.25, -0.2) is 0 Å². The summed E-state index contributed by atoms with van der Waals surface area (Å²) in [4.78, 5) is 27.6. The van der Waals surface area contributed by atoms with Crippen LogP contribution in [-0.4, -0.2) is 43.0 Å². The van der Waals surface area contributed by atoms with Gasteiger partial charge in [0.2, 0.25) is 0 Å². The molecule has 2 heterocycles. The van der Waals surface area contributed by atoms with Crippen LogP contribution in [0.2, 0.25) is 0 Å². The van der Waals surface area contributed by atoms with Crippen molar-refractivity contribution in [1.82, 2.24) is 0 Å². The van der Waals surface area contributed by atoms with Crippen molar-refractivity contribution >= 4 is 17.6 Å². The van der Waals surface area contributed by atoms with Crippen LogP contribution < -0.4 is 19.1 Å². The normalized spacial score (nSPS) is 19.0. The molecule has 0 bridgehead atoms. The van der Waals surface area contributed by atoms with Crippen LogP contribution in [0.4, 0.5) is 18.9 Å². The van der Waals surface area contributed by atoms with Gasteiger partial charge in [-0.05, 0) is 53.6 Å².